The second kappa shape index (κ2) is 6.34. The molecule has 90 valence electrons. The van der Waals surface area contributed by atoms with Crippen LogP contribution in [0, 0.1) is 17.7 Å². The number of nitrogens with two attached hydrogens (primary N) is 1. The molecule has 1 aromatic heterocycles. The zero-order chi connectivity index (χ0) is 11.4. The lowest BCUT2D eigenvalue weighted by Crippen LogP contribution is -2.44. The van der Waals surface area contributed by atoms with Crippen LogP contribution in [0.1, 0.15) is 23.4 Å². The Kier molecular flexibility index (Phi) is 5.84. The molecule has 0 bridgehead atoms. The summed E-state index contributed by atoms with van der Waals surface area (Å²) >= 11 is 1.65. The van der Waals surface area contributed by atoms with E-state index in [4.69, 9.17) is 16.6 Å². The fourth-order valence-electron chi connectivity index (χ4n) is 1.28. The molecule has 0 radical (unpaired) electrons. The standard InChI is InChI=1S/C9H15N5S.ClH/c1-5-3-4-15-7(5)6(2)13-9(12)14-8(10)11;/h3-4,6H,1-2H3,(H6,10,11,12,13,14);1H. The number of halogens is 1. The molecule has 1 heterocycles. The minimum absolute atomic E-state index is 0. The molecule has 0 aliphatic heterocycles. The van der Waals surface area contributed by atoms with Crippen molar-refractivity contribution in [2.24, 2.45) is 5.73 Å². The van der Waals surface area contributed by atoms with E-state index in [1.165, 1.54) is 10.4 Å². The number of aryl methyl sites for hydroxylation is 1. The molecule has 0 saturated carbocycles. The highest BCUT2D eigenvalue weighted by atomic mass is 35.5. The number of nitrogens with one attached hydrogen (secondary N) is 4. The summed E-state index contributed by atoms with van der Waals surface area (Å²) in [4.78, 5) is 1.19. The van der Waals surface area contributed by atoms with Crippen LogP contribution in [0.4, 0.5) is 0 Å². The van der Waals surface area contributed by atoms with Crippen LogP contribution in [-0.2, 0) is 0 Å². The molecule has 5 nitrogen and oxygen atoms in total. The average Bonchev–Trinajstić information content (AvgIpc) is 2.49. The lowest BCUT2D eigenvalue weighted by molar-refractivity contribution is 0.711. The topological polar surface area (TPSA) is 97.8 Å². The van der Waals surface area contributed by atoms with E-state index in [1.807, 2.05) is 25.3 Å². The van der Waals surface area contributed by atoms with Gasteiger partial charge in [-0.25, -0.2) is 0 Å². The summed E-state index contributed by atoms with van der Waals surface area (Å²) in [5, 5.41) is 21.8. The lowest BCUT2D eigenvalue weighted by atomic mass is 10.2. The number of hydrogen-bond donors (Lipinski definition) is 5. The molecule has 0 spiro atoms. The third kappa shape index (κ3) is 4.08. The number of thiophene rings is 1. The quantitative estimate of drug-likeness (QED) is 0.413. The normalized spacial score (nSPS) is 11.1. The Bertz CT molecular complexity index is 376. The Hall–Kier alpha value is -1.27. The SMILES string of the molecule is Cc1ccsc1C(C)NC(=N)NC(=N)N.Cl. The monoisotopic (exact) mass is 261 g/mol. The Morgan fingerprint density at radius 1 is 1.50 bits per heavy atom. The van der Waals surface area contributed by atoms with E-state index in [1.54, 1.807) is 11.3 Å². The van der Waals surface area contributed by atoms with Crippen molar-refractivity contribution in [2.75, 3.05) is 0 Å². The van der Waals surface area contributed by atoms with Crippen LogP contribution in [0.5, 0.6) is 0 Å². The third-order valence-corrected chi connectivity index (χ3v) is 3.12. The molecule has 1 aromatic rings. The van der Waals surface area contributed by atoms with Crippen molar-refractivity contribution < 1.29 is 0 Å². The maximum atomic E-state index is 7.48. The van der Waals surface area contributed by atoms with Crippen molar-refractivity contribution >= 4 is 35.7 Å². The molecular formula is C9H16ClN5S. The average molecular weight is 262 g/mol. The van der Waals surface area contributed by atoms with Gasteiger partial charge in [-0.3, -0.25) is 16.1 Å². The predicted octanol–water partition coefficient (Wildman–Crippen LogP) is 1.55. The van der Waals surface area contributed by atoms with Crippen LogP contribution >= 0.6 is 23.7 Å². The molecule has 7 heteroatoms. The van der Waals surface area contributed by atoms with Crippen LogP contribution in [0.15, 0.2) is 11.4 Å². The summed E-state index contributed by atoms with van der Waals surface area (Å²) in [6.07, 6.45) is 0. The fraction of sp³-hybridized carbons (Fsp3) is 0.333. The Morgan fingerprint density at radius 3 is 2.56 bits per heavy atom. The van der Waals surface area contributed by atoms with E-state index in [9.17, 15) is 0 Å². The summed E-state index contributed by atoms with van der Waals surface area (Å²) in [6.45, 7) is 4.00. The van der Waals surface area contributed by atoms with Gasteiger partial charge in [-0.1, -0.05) is 0 Å². The van der Waals surface area contributed by atoms with Gasteiger partial charge in [0.2, 0.25) is 0 Å². The number of rotatable bonds is 2. The van der Waals surface area contributed by atoms with Gasteiger partial charge in [0.25, 0.3) is 0 Å². The minimum atomic E-state index is -0.234. The summed E-state index contributed by atoms with van der Waals surface area (Å²) in [5.41, 5.74) is 6.32. The maximum Gasteiger partial charge on any atom is 0.195 e. The second-order valence-electron chi connectivity index (χ2n) is 3.25. The molecule has 1 unspecified atom stereocenters. The first-order chi connectivity index (χ1) is 7.00. The van der Waals surface area contributed by atoms with Gasteiger partial charge < -0.3 is 11.1 Å². The fourth-order valence-corrected chi connectivity index (χ4v) is 2.22. The zero-order valence-electron chi connectivity index (χ0n) is 9.13. The molecule has 0 aliphatic carbocycles. The van der Waals surface area contributed by atoms with Gasteiger partial charge in [-0.15, -0.1) is 23.7 Å². The summed E-state index contributed by atoms with van der Waals surface area (Å²) in [5.74, 6) is -0.189. The highest BCUT2D eigenvalue weighted by Gasteiger charge is 2.10. The Morgan fingerprint density at radius 2 is 2.12 bits per heavy atom. The van der Waals surface area contributed by atoms with Crippen molar-refractivity contribution in [3.05, 3.63) is 21.9 Å². The molecule has 0 amide bonds. The maximum absolute atomic E-state index is 7.48. The van der Waals surface area contributed by atoms with Crippen LogP contribution in [0.25, 0.3) is 0 Å². The summed E-state index contributed by atoms with van der Waals surface area (Å²) < 4.78 is 0. The predicted molar refractivity (Wildman–Crippen MR) is 70.6 cm³/mol. The molecule has 0 saturated heterocycles. The lowest BCUT2D eigenvalue weighted by Gasteiger charge is -2.15. The Labute approximate surface area is 105 Å². The first kappa shape index (κ1) is 14.7. The largest absolute Gasteiger partial charge is 0.370 e. The van der Waals surface area contributed by atoms with Gasteiger partial charge in [-0.05, 0) is 30.9 Å². The van der Waals surface area contributed by atoms with Crippen molar-refractivity contribution in [3.63, 3.8) is 0 Å². The van der Waals surface area contributed by atoms with Crippen LogP contribution in [0.3, 0.4) is 0 Å². The summed E-state index contributed by atoms with van der Waals surface area (Å²) in [6, 6.07) is 2.09. The van der Waals surface area contributed by atoms with E-state index < -0.39 is 0 Å². The molecule has 6 N–H and O–H groups in total. The van der Waals surface area contributed by atoms with Crippen molar-refractivity contribution in [1.29, 1.82) is 10.8 Å². The minimum Gasteiger partial charge on any atom is -0.370 e. The van der Waals surface area contributed by atoms with Gasteiger partial charge in [0.05, 0.1) is 6.04 Å². The van der Waals surface area contributed by atoms with Crippen molar-refractivity contribution in [3.8, 4) is 0 Å². The van der Waals surface area contributed by atoms with E-state index in [2.05, 4.69) is 10.6 Å². The first-order valence-electron chi connectivity index (χ1n) is 4.51. The molecule has 0 fully saturated rings. The second-order valence-corrected chi connectivity index (χ2v) is 4.20. The molecule has 1 rings (SSSR count). The van der Waals surface area contributed by atoms with Crippen LogP contribution < -0.4 is 16.4 Å². The van der Waals surface area contributed by atoms with Gasteiger partial charge >= 0.3 is 0 Å². The first-order valence-corrected chi connectivity index (χ1v) is 5.38. The van der Waals surface area contributed by atoms with E-state index >= 15 is 0 Å². The van der Waals surface area contributed by atoms with Gasteiger partial charge in [0.1, 0.15) is 0 Å². The van der Waals surface area contributed by atoms with E-state index in [-0.39, 0.29) is 30.4 Å². The van der Waals surface area contributed by atoms with Gasteiger partial charge in [-0.2, -0.15) is 0 Å². The van der Waals surface area contributed by atoms with Gasteiger partial charge in [0, 0.05) is 4.88 Å². The smallest absolute Gasteiger partial charge is 0.195 e. The van der Waals surface area contributed by atoms with Crippen molar-refractivity contribution in [1.82, 2.24) is 10.6 Å². The molecule has 0 aliphatic rings. The highest BCUT2D eigenvalue weighted by molar-refractivity contribution is 7.10. The molecular weight excluding hydrogens is 246 g/mol. The third-order valence-electron chi connectivity index (χ3n) is 1.92. The Balaban J connectivity index is 0.00000225. The van der Waals surface area contributed by atoms with Crippen molar-refractivity contribution in [2.45, 2.75) is 19.9 Å². The number of guanidine groups is 2. The molecule has 16 heavy (non-hydrogen) atoms. The van der Waals surface area contributed by atoms with Crippen LogP contribution in [0.2, 0.25) is 0 Å². The molecule has 0 aromatic carbocycles. The number of hydrogen-bond acceptors (Lipinski definition) is 3. The van der Waals surface area contributed by atoms with Crippen LogP contribution in [-0.4, -0.2) is 11.9 Å². The summed E-state index contributed by atoms with van der Waals surface area (Å²) in [7, 11) is 0. The van der Waals surface area contributed by atoms with Gasteiger partial charge in [0.15, 0.2) is 11.9 Å². The zero-order valence-corrected chi connectivity index (χ0v) is 10.8. The van der Waals surface area contributed by atoms with E-state index in [0.717, 1.165) is 0 Å². The molecule has 1 atom stereocenters. The highest BCUT2D eigenvalue weighted by Crippen LogP contribution is 2.22. The van der Waals surface area contributed by atoms with E-state index in [0.29, 0.717) is 0 Å².